The Balaban J connectivity index is 1.80. The summed E-state index contributed by atoms with van der Waals surface area (Å²) in [4.78, 5) is 14.3. The van der Waals surface area contributed by atoms with Gasteiger partial charge in [0.25, 0.3) is 0 Å². The van der Waals surface area contributed by atoms with Crippen LogP contribution in [-0.2, 0) is 11.3 Å². The largest absolute Gasteiger partial charge is 0.295 e. The lowest BCUT2D eigenvalue weighted by Gasteiger charge is -2.30. The minimum atomic E-state index is 0.275. The van der Waals surface area contributed by atoms with E-state index >= 15 is 0 Å². The molecule has 0 saturated heterocycles. The number of hydrogen-bond donors (Lipinski definition) is 0. The number of fused-ring (bicyclic) bond motifs is 1. The highest BCUT2D eigenvalue weighted by Gasteiger charge is 2.35. The minimum Gasteiger partial charge on any atom is -0.295 e. The van der Waals surface area contributed by atoms with E-state index in [0.717, 1.165) is 25.1 Å². The Morgan fingerprint density at radius 2 is 2.05 bits per heavy atom. The van der Waals surface area contributed by atoms with Gasteiger partial charge in [-0.25, -0.2) is 0 Å². The molecule has 3 rings (SSSR count). The van der Waals surface area contributed by atoms with Gasteiger partial charge >= 0.3 is 0 Å². The summed E-state index contributed by atoms with van der Waals surface area (Å²) in [5, 5.41) is 0. The minimum absolute atomic E-state index is 0.275. The van der Waals surface area contributed by atoms with Crippen LogP contribution in [0.2, 0.25) is 0 Å². The van der Waals surface area contributed by atoms with E-state index in [2.05, 4.69) is 35.2 Å². The number of nitrogens with zero attached hydrogens (tertiary/aromatic N) is 1. The molecule has 0 amide bonds. The Bertz CT molecular complexity index is 503. The first-order chi connectivity index (χ1) is 9.25. The molecule has 1 fully saturated rings. The molecule has 1 unspecified atom stereocenters. The molecular weight excluding hydrogens is 234 g/mol. The third-order valence-corrected chi connectivity index (χ3v) is 4.42. The van der Waals surface area contributed by atoms with E-state index in [1.54, 1.807) is 6.92 Å². The zero-order chi connectivity index (χ0) is 13.2. The number of rotatable bonds is 3. The summed E-state index contributed by atoms with van der Waals surface area (Å²) in [6.07, 6.45) is 4.90. The number of carbonyl (C=O) groups is 1. The van der Waals surface area contributed by atoms with Crippen molar-refractivity contribution >= 4 is 5.78 Å². The van der Waals surface area contributed by atoms with Crippen molar-refractivity contribution in [1.29, 1.82) is 0 Å². The van der Waals surface area contributed by atoms with E-state index in [4.69, 9.17) is 0 Å². The Kier molecular flexibility index (Phi) is 3.52. The van der Waals surface area contributed by atoms with Crippen LogP contribution in [0.25, 0.3) is 0 Å². The van der Waals surface area contributed by atoms with Gasteiger partial charge in [0.15, 0.2) is 5.78 Å². The molecule has 1 aliphatic heterocycles. The van der Waals surface area contributed by atoms with Crippen molar-refractivity contribution in [2.24, 2.45) is 0 Å². The van der Waals surface area contributed by atoms with Crippen LogP contribution in [0.4, 0.5) is 0 Å². The molecule has 1 heterocycles. The van der Waals surface area contributed by atoms with E-state index in [9.17, 15) is 4.79 Å². The highest BCUT2D eigenvalue weighted by molar-refractivity contribution is 5.95. The standard InChI is InChI=1S/C17H21NO/c1-13(19)16-12-18(11-14-7-3-2-4-8-14)17-10-6-5-9-15(16)17/h2-4,7-8,17H,5-6,9-12H2,1H3. The number of benzene rings is 1. The molecule has 0 spiro atoms. The average molecular weight is 255 g/mol. The molecule has 1 aromatic carbocycles. The fourth-order valence-electron chi connectivity index (χ4n) is 3.49. The molecule has 0 N–H and O–H groups in total. The van der Waals surface area contributed by atoms with Crippen molar-refractivity contribution in [3.63, 3.8) is 0 Å². The number of carbonyl (C=O) groups excluding carboxylic acids is 1. The monoisotopic (exact) mass is 255 g/mol. The summed E-state index contributed by atoms with van der Waals surface area (Å²) in [5.41, 5.74) is 3.88. The SMILES string of the molecule is CC(=O)C1=C2CCCCC2N(Cc2ccccc2)C1. The molecule has 19 heavy (non-hydrogen) atoms. The first-order valence-electron chi connectivity index (χ1n) is 7.26. The highest BCUT2D eigenvalue weighted by Crippen LogP contribution is 2.36. The lowest BCUT2D eigenvalue weighted by molar-refractivity contribution is -0.113. The molecule has 1 saturated carbocycles. The molecule has 2 nitrogen and oxygen atoms in total. The Labute approximate surface area is 115 Å². The van der Waals surface area contributed by atoms with E-state index in [1.807, 2.05) is 0 Å². The molecule has 1 atom stereocenters. The van der Waals surface area contributed by atoms with Gasteiger partial charge in [-0.05, 0) is 37.3 Å². The van der Waals surface area contributed by atoms with Crippen LogP contribution >= 0.6 is 0 Å². The highest BCUT2D eigenvalue weighted by atomic mass is 16.1. The average Bonchev–Trinajstić information content (AvgIpc) is 2.79. The molecule has 1 aliphatic carbocycles. The maximum absolute atomic E-state index is 11.8. The first-order valence-corrected chi connectivity index (χ1v) is 7.26. The maximum atomic E-state index is 11.8. The van der Waals surface area contributed by atoms with E-state index < -0.39 is 0 Å². The summed E-state index contributed by atoms with van der Waals surface area (Å²) in [5.74, 6) is 0.275. The molecule has 0 bridgehead atoms. The molecular formula is C17H21NO. The molecule has 0 aromatic heterocycles. The van der Waals surface area contributed by atoms with E-state index in [1.165, 1.54) is 30.4 Å². The van der Waals surface area contributed by atoms with Gasteiger partial charge in [0, 0.05) is 24.7 Å². The smallest absolute Gasteiger partial charge is 0.157 e. The Hall–Kier alpha value is -1.41. The maximum Gasteiger partial charge on any atom is 0.157 e. The van der Waals surface area contributed by atoms with Gasteiger partial charge in [-0.3, -0.25) is 9.69 Å². The van der Waals surface area contributed by atoms with Gasteiger partial charge in [-0.1, -0.05) is 36.8 Å². The van der Waals surface area contributed by atoms with Gasteiger partial charge in [0.1, 0.15) is 0 Å². The molecule has 2 aliphatic rings. The molecule has 0 radical (unpaired) electrons. The summed E-state index contributed by atoms with van der Waals surface area (Å²) in [6, 6.07) is 11.1. The third kappa shape index (κ3) is 2.50. The Morgan fingerprint density at radius 3 is 2.79 bits per heavy atom. The number of hydrogen-bond acceptors (Lipinski definition) is 2. The molecule has 100 valence electrons. The quantitative estimate of drug-likeness (QED) is 0.825. The first kappa shape index (κ1) is 12.6. The van der Waals surface area contributed by atoms with Gasteiger partial charge in [-0.2, -0.15) is 0 Å². The predicted molar refractivity (Wildman–Crippen MR) is 76.8 cm³/mol. The van der Waals surface area contributed by atoms with Crippen molar-refractivity contribution < 1.29 is 4.79 Å². The van der Waals surface area contributed by atoms with E-state index in [-0.39, 0.29) is 5.78 Å². The fourth-order valence-corrected chi connectivity index (χ4v) is 3.49. The summed E-state index contributed by atoms with van der Waals surface area (Å²) >= 11 is 0. The van der Waals surface area contributed by atoms with Crippen LogP contribution in [0.5, 0.6) is 0 Å². The van der Waals surface area contributed by atoms with Gasteiger partial charge in [-0.15, -0.1) is 0 Å². The second kappa shape index (κ2) is 5.30. The van der Waals surface area contributed by atoms with Gasteiger partial charge < -0.3 is 0 Å². The number of Topliss-reactive ketones (excluding diaryl/α,β-unsaturated/α-hetero) is 1. The molecule has 2 heteroatoms. The summed E-state index contributed by atoms with van der Waals surface area (Å²) in [6.45, 7) is 3.54. The predicted octanol–water partition coefficient (Wildman–Crippen LogP) is 3.33. The van der Waals surface area contributed by atoms with Crippen molar-refractivity contribution in [1.82, 2.24) is 4.90 Å². The van der Waals surface area contributed by atoms with Crippen molar-refractivity contribution in [3.8, 4) is 0 Å². The zero-order valence-electron chi connectivity index (χ0n) is 11.6. The van der Waals surface area contributed by atoms with E-state index in [0.29, 0.717) is 6.04 Å². The van der Waals surface area contributed by atoms with Crippen LogP contribution < -0.4 is 0 Å². The lowest BCUT2D eigenvalue weighted by Crippen LogP contribution is -2.33. The topological polar surface area (TPSA) is 20.3 Å². The summed E-state index contributed by atoms with van der Waals surface area (Å²) < 4.78 is 0. The van der Waals surface area contributed by atoms with Crippen LogP contribution in [0.15, 0.2) is 41.5 Å². The van der Waals surface area contributed by atoms with Crippen molar-refractivity contribution in [3.05, 3.63) is 47.0 Å². The van der Waals surface area contributed by atoms with Crippen molar-refractivity contribution in [2.45, 2.75) is 45.2 Å². The second-order valence-corrected chi connectivity index (χ2v) is 5.71. The fraction of sp³-hybridized carbons (Fsp3) is 0.471. The normalized spacial score (nSPS) is 23.5. The van der Waals surface area contributed by atoms with Crippen LogP contribution in [0.3, 0.4) is 0 Å². The zero-order valence-corrected chi connectivity index (χ0v) is 11.6. The second-order valence-electron chi connectivity index (χ2n) is 5.71. The van der Waals surface area contributed by atoms with Crippen molar-refractivity contribution in [2.75, 3.05) is 6.54 Å². The third-order valence-electron chi connectivity index (χ3n) is 4.42. The summed E-state index contributed by atoms with van der Waals surface area (Å²) in [7, 11) is 0. The molecule has 1 aromatic rings. The van der Waals surface area contributed by atoms with Crippen LogP contribution in [-0.4, -0.2) is 23.3 Å². The van der Waals surface area contributed by atoms with Gasteiger partial charge in [0.2, 0.25) is 0 Å². The van der Waals surface area contributed by atoms with Crippen LogP contribution in [0, 0.1) is 0 Å². The Morgan fingerprint density at radius 1 is 1.26 bits per heavy atom. The number of ketones is 1. The van der Waals surface area contributed by atoms with Gasteiger partial charge in [0.05, 0.1) is 0 Å². The van der Waals surface area contributed by atoms with Crippen LogP contribution in [0.1, 0.15) is 38.2 Å². The lowest BCUT2D eigenvalue weighted by atomic mass is 9.88.